The molecule has 0 aromatic heterocycles. The van der Waals surface area contributed by atoms with E-state index < -0.39 is 22.0 Å². The molecule has 21 heavy (non-hydrogen) atoms. The fraction of sp³-hybridized carbons (Fsp3) is 0.462. The summed E-state index contributed by atoms with van der Waals surface area (Å²) in [5, 5.41) is 8.52. The summed E-state index contributed by atoms with van der Waals surface area (Å²) in [6.45, 7) is 1.73. The standard InChI is InChI=1S/C13H18BrNO5S/c1-9(10-5-6-12(20-2)11(14)8-10)15-21(18,19)7-3-4-13(16)17/h5-6,8-9,15H,3-4,7H2,1-2H3,(H,16,17). The minimum Gasteiger partial charge on any atom is -0.496 e. The number of hydrogen-bond acceptors (Lipinski definition) is 4. The second-order valence-corrected chi connectivity index (χ2v) is 7.28. The average molecular weight is 380 g/mol. The molecular weight excluding hydrogens is 362 g/mol. The lowest BCUT2D eigenvalue weighted by Gasteiger charge is -2.15. The molecule has 6 nitrogen and oxygen atoms in total. The maximum atomic E-state index is 11.9. The minimum atomic E-state index is -3.51. The molecule has 1 rings (SSSR count). The number of carboxylic acids is 1. The van der Waals surface area contributed by atoms with Crippen molar-refractivity contribution in [2.75, 3.05) is 12.9 Å². The van der Waals surface area contributed by atoms with Crippen LogP contribution in [0.4, 0.5) is 0 Å². The number of halogens is 1. The van der Waals surface area contributed by atoms with Crippen LogP contribution in [0.15, 0.2) is 22.7 Å². The zero-order valence-corrected chi connectivity index (χ0v) is 14.2. The topological polar surface area (TPSA) is 92.7 Å². The molecule has 0 spiro atoms. The zero-order chi connectivity index (χ0) is 16.0. The van der Waals surface area contributed by atoms with Crippen molar-refractivity contribution < 1.29 is 23.1 Å². The van der Waals surface area contributed by atoms with E-state index in [2.05, 4.69) is 20.7 Å². The van der Waals surface area contributed by atoms with Crippen molar-refractivity contribution in [3.05, 3.63) is 28.2 Å². The van der Waals surface area contributed by atoms with Gasteiger partial charge in [0.15, 0.2) is 0 Å². The predicted octanol–water partition coefficient (Wildman–Crippen LogP) is 2.30. The molecule has 118 valence electrons. The van der Waals surface area contributed by atoms with E-state index in [-0.39, 0.29) is 18.6 Å². The fourth-order valence-corrected chi connectivity index (χ4v) is 3.64. The van der Waals surface area contributed by atoms with E-state index in [0.717, 1.165) is 10.0 Å². The monoisotopic (exact) mass is 379 g/mol. The zero-order valence-electron chi connectivity index (χ0n) is 11.8. The Labute approximate surface area is 132 Å². The fourth-order valence-electron chi connectivity index (χ4n) is 1.76. The Hall–Kier alpha value is -1.12. The molecule has 0 amide bonds. The molecule has 0 radical (unpaired) electrons. The van der Waals surface area contributed by atoms with E-state index >= 15 is 0 Å². The van der Waals surface area contributed by atoms with Crippen molar-refractivity contribution in [2.24, 2.45) is 0 Å². The summed E-state index contributed by atoms with van der Waals surface area (Å²) in [5.41, 5.74) is 0.782. The third kappa shape index (κ3) is 6.03. The Morgan fingerprint density at radius 3 is 2.67 bits per heavy atom. The lowest BCUT2D eigenvalue weighted by molar-refractivity contribution is -0.137. The van der Waals surface area contributed by atoms with E-state index in [1.54, 1.807) is 32.2 Å². The molecule has 0 aliphatic carbocycles. The number of ether oxygens (including phenoxy) is 1. The average Bonchev–Trinajstić information content (AvgIpc) is 2.37. The van der Waals surface area contributed by atoms with Crippen LogP contribution < -0.4 is 9.46 Å². The quantitative estimate of drug-likeness (QED) is 0.722. The van der Waals surface area contributed by atoms with Gasteiger partial charge in [-0.2, -0.15) is 0 Å². The Balaban J connectivity index is 2.69. The van der Waals surface area contributed by atoms with Crippen LogP contribution >= 0.6 is 15.9 Å². The predicted molar refractivity (Wildman–Crippen MR) is 82.9 cm³/mol. The number of sulfonamides is 1. The molecule has 0 heterocycles. The molecule has 1 atom stereocenters. The lowest BCUT2D eigenvalue weighted by atomic mass is 10.1. The van der Waals surface area contributed by atoms with Gasteiger partial charge in [0.05, 0.1) is 17.3 Å². The first-order valence-corrected chi connectivity index (χ1v) is 8.75. The highest BCUT2D eigenvalue weighted by Gasteiger charge is 2.17. The highest BCUT2D eigenvalue weighted by Crippen LogP contribution is 2.28. The van der Waals surface area contributed by atoms with Crippen LogP contribution in [0.25, 0.3) is 0 Å². The van der Waals surface area contributed by atoms with Gasteiger partial charge in [-0.1, -0.05) is 6.07 Å². The van der Waals surface area contributed by atoms with Crippen LogP contribution in [-0.2, 0) is 14.8 Å². The third-order valence-electron chi connectivity index (χ3n) is 2.84. The molecule has 1 aromatic rings. The number of hydrogen-bond donors (Lipinski definition) is 2. The summed E-state index contributed by atoms with van der Waals surface area (Å²) in [6, 6.07) is 4.88. The van der Waals surface area contributed by atoms with E-state index in [0.29, 0.717) is 5.75 Å². The normalized spacial score (nSPS) is 12.9. The summed E-state index contributed by atoms with van der Waals surface area (Å²) in [5.74, 6) is -0.548. The second-order valence-electron chi connectivity index (χ2n) is 4.55. The number of carboxylic acid groups (broad SMARTS) is 1. The first-order chi connectivity index (χ1) is 9.75. The summed E-state index contributed by atoms with van der Waals surface area (Å²) >= 11 is 3.35. The van der Waals surface area contributed by atoms with E-state index in [1.807, 2.05) is 0 Å². The molecule has 0 aliphatic heterocycles. The van der Waals surface area contributed by atoms with Gasteiger partial charge in [-0.25, -0.2) is 13.1 Å². The van der Waals surface area contributed by atoms with Crippen LogP contribution in [0, 0.1) is 0 Å². The van der Waals surface area contributed by atoms with Crippen molar-refractivity contribution in [3.63, 3.8) is 0 Å². The van der Waals surface area contributed by atoms with Crippen LogP contribution in [0.3, 0.4) is 0 Å². The third-order valence-corrected chi connectivity index (χ3v) is 4.99. The van der Waals surface area contributed by atoms with Crippen molar-refractivity contribution in [1.29, 1.82) is 0 Å². The lowest BCUT2D eigenvalue weighted by Crippen LogP contribution is -2.29. The number of aliphatic carboxylic acids is 1. The highest BCUT2D eigenvalue weighted by atomic mass is 79.9. The number of rotatable bonds is 8. The Morgan fingerprint density at radius 2 is 2.14 bits per heavy atom. The van der Waals surface area contributed by atoms with E-state index in [9.17, 15) is 13.2 Å². The summed E-state index contributed by atoms with van der Waals surface area (Å²) in [6.07, 6.45) is -0.0763. The van der Waals surface area contributed by atoms with Crippen molar-refractivity contribution in [1.82, 2.24) is 4.72 Å². The maximum absolute atomic E-state index is 11.9. The number of benzene rings is 1. The van der Waals surface area contributed by atoms with Gasteiger partial charge in [-0.05, 0) is 47.0 Å². The molecule has 2 N–H and O–H groups in total. The van der Waals surface area contributed by atoms with Crippen molar-refractivity contribution in [2.45, 2.75) is 25.8 Å². The van der Waals surface area contributed by atoms with E-state index in [4.69, 9.17) is 9.84 Å². The van der Waals surface area contributed by atoms with Gasteiger partial charge < -0.3 is 9.84 Å². The summed E-state index contributed by atoms with van der Waals surface area (Å²) < 4.78 is 32.1. The second kappa shape index (κ2) is 7.77. The van der Waals surface area contributed by atoms with Gasteiger partial charge in [0, 0.05) is 12.5 Å². The largest absolute Gasteiger partial charge is 0.496 e. The number of carbonyl (C=O) groups is 1. The Kier molecular flexibility index (Phi) is 6.63. The van der Waals surface area contributed by atoms with Crippen LogP contribution in [0.5, 0.6) is 5.75 Å². The first-order valence-electron chi connectivity index (χ1n) is 6.30. The van der Waals surface area contributed by atoms with Crippen LogP contribution in [0.1, 0.15) is 31.4 Å². The van der Waals surface area contributed by atoms with Gasteiger partial charge in [0.25, 0.3) is 0 Å². The number of methoxy groups -OCH3 is 1. The highest BCUT2D eigenvalue weighted by molar-refractivity contribution is 9.10. The molecule has 0 aliphatic rings. The molecule has 8 heteroatoms. The van der Waals surface area contributed by atoms with E-state index in [1.165, 1.54) is 0 Å². The van der Waals surface area contributed by atoms with Gasteiger partial charge in [0.2, 0.25) is 10.0 Å². The van der Waals surface area contributed by atoms with Crippen LogP contribution in [-0.4, -0.2) is 32.4 Å². The Morgan fingerprint density at radius 1 is 1.48 bits per heavy atom. The SMILES string of the molecule is COc1ccc(C(C)NS(=O)(=O)CCCC(=O)O)cc1Br. The molecular formula is C13H18BrNO5S. The summed E-state index contributed by atoms with van der Waals surface area (Å²) in [4.78, 5) is 10.4. The van der Waals surface area contributed by atoms with Gasteiger partial charge in [0.1, 0.15) is 5.75 Å². The van der Waals surface area contributed by atoms with Crippen molar-refractivity contribution >= 4 is 31.9 Å². The molecule has 1 unspecified atom stereocenters. The maximum Gasteiger partial charge on any atom is 0.303 e. The molecule has 0 fully saturated rings. The van der Waals surface area contributed by atoms with Gasteiger partial charge >= 0.3 is 5.97 Å². The van der Waals surface area contributed by atoms with Gasteiger partial charge in [-0.15, -0.1) is 0 Å². The minimum absolute atomic E-state index is 0.0870. The Bertz CT molecular complexity index is 603. The molecule has 0 saturated heterocycles. The summed E-state index contributed by atoms with van der Waals surface area (Å²) in [7, 11) is -1.96. The molecule has 0 bridgehead atoms. The van der Waals surface area contributed by atoms with Gasteiger partial charge in [-0.3, -0.25) is 4.79 Å². The van der Waals surface area contributed by atoms with Crippen LogP contribution in [0.2, 0.25) is 0 Å². The number of nitrogens with one attached hydrogen (secondary N) is 1. The smallest absolute Gasteiger partial charge is 0.303 e. The van der Waals surface area contributed by atoms with Crippen molar-refractivity contribution in [3.8, 4) is 5.75 Å². The molecule has 0 saturated carbocycles. The first kappa shape index (κ1) is 17.9. The molecule has 1 aromatic carbocycles.